The lowest BCUT2D eigenvalue weighted by Gasteiger charge is -2.37. The second kappa shape index (κ2) is 8.87. The number of aromatic nitrogens is 2. The van der Waals surface area contributed by atoms with Gasteiger partial charge in [-0.2, -0.15) is 18.2 Å². The molecule has 0 saturated carbocycles. The van der Waals surface area contributed by atoms with E-state index < -0.39 is 23.6 Å². The van der Waals surface area contributed by atoms with E-state index in [0.29, 0.717) is 36.4 Å². The van der Waals surface area contributed by atoms with Crippen molar-refractivity contribution in [3.8, 4) is 17.0 Å². The average Bonchev–Trinajstić information content (AvgIpc) is 3.18. The van der Waals surface area contributed by atoms with Crippen molar-refractivity contribution in [3.05, 3.63) is 29.3 Å². The third kappa shape index (κ3) is 4.62. The molecule has 1 aromatic carbocycles. The number of aliphatic hydroxyl groups excluding tert-OH is 1. The second-order valence-electron chi connectivity index (χ2n) is 9.32. The molecular weight excluding hydrogens is 463 g/mol. The molecule has 5 rings (SSSR count). The summed E-state index contributed by atoms with van der Waals surface area (Å²) < 4.78 is 45.6. The predicted octanol–water partition coefficient (Wildman–Crippen LogP) is 4.00. The van der Waals surface area contributed by atoms with Gasteiger partial charge in [-0.25, -0.2) is 4.98 Å². The largest absolute Gasteiger partial charge is 0.507 e. The van der Waals surface area contributed by atoms with Crippen LogP contribution in [0.3, 0.4) is 0 Å². The van der Waals surface area contributed by atoms with Crippen LogP contribution in [0.1, 0.15) is 30.9 Å². The van der Waals surface area contributed by atoms with Gasteiger partial charge in [0.2, 0.25) is 5.65 Å². The number of benzene rings is 1. The Balaban J connectivity index is 1.55. The number of aliphatic hydroxyl groups is 1. The van der Waals surface area contributed by atoms with Crippen LogP contribution < -0.4 is 10.2 Å². The Labute approximate surface area is 200 Å². The van der Waals surface area contributed by atoms with Gasteiger partial charge in [-0.3, -0.25) is 0 Å². The summed E-state index contributed by atoms with van der Waals surface area (Å²) >= 11 is 0. The van der Waals surface area contributed by atoms with Gasteiger partial charge in [0.05, 0.1) is 23.0 Å². The fourth-order valence-electron chi connectivity index (χ4n) is 4.87. The molecule has 2 saturated heterocycles. The van der Waals surface area contributed by atoms with Gasteiger partial charge in [0.25, 0.3) is 6.01 Å². The second-order valence-corrected chi connectivity index (χ2v) is 9.32. The number of likely N-dealkylation sites (tertiary alicyclic amines) is 1. The van der Waals surface area contributed by atoms with Gasteiger partial charge in [-0.1, -0.05) is 6.92 Å². The summed E-state index contributed by atoms with van der Waals surface area (Å²) in [4.78, 5) is 13.3. The van der Waals surface area contributed by atoms with Crippen molar-refractivity contribution in [2.45, 2.75) is 45.0 Å². The number of aromatic hydroxyl groups is 1. The van der Waals surface area contributed by atoms with Crippen molar-refractivity contribution in [2.75, 3.05) is 42.9 Å². The first-order valence-electron chi connectivity index (χ1n) is 11.8. The van der Waals surface area contributed by atoms with E-state index >= 15 is 0 Å². The zero-order chi connectivity index (χ0) is 24.9. The minimum absolute atomic E-state index is 0.173. The maximum Gasteiger partial charge on any atom is 0.416 e. The third-order valence-corrected chi connectivity index (χ3v) is 6.72. The lowest BCUT2D eigenvalue weighted by Crippen LogP contribution is -2.50. The molecule has 2 aromatic heterocycles. The molecule has 188 valence electrons. The van der Waals surface area contributed by atoms with Gasteiger partial charge in [0.15, 0.2) is 5.58 Å². The molecule has 0 radical (unpaired) electrons. The van der Waals surface area contributed by atoms with Crippen molar-refractivity contribution >= 4 is 22.9 Å². The molecule has 11 heteroatoms. The van der Waals surface area contributed by atoms with Gasteiger partial charge >= 0.3 is 6.18 Å². The first-order valence-corrected chi connectivity index (χ1v) is 11.8. The summed E-state index contributed by atoms with van der Waals surface area (Å²) in [6, 6.07) is 3.86. The topological polar surface area (TPSA) is 97.9 Å². The number of phenols is 1. The van der Waals surface area contributed by atoms with Gasteiger partial charge < -0.3 is 29.7 Å². The van der Waals surface area contributed by atoms with E-state index in [4.69, 9.17) is 4.42 Å². The van der Waals surface area contributed by atoms with E-state index in [1.165, 1.54) is 6.92 Å². The number of phenolic OH excluding ortho intramolecular Hbond substituents is 1. The molecule has 8 nitrogen and oxygen atoms in total. The molecule has 35 heavy (non-hydrogen) atoms. The van der Waals surface area contributed by atoms with E-state index in [1.54, 1.807) is 6.07 Å². The number of nitrogens with one attached hydrogen (secondary N) is 1. The molecule has 0 unspecified atom stereocenters. The molecule has 0 aliphatic carbocycles. The SMILES string of the molecule is CCN1CCC[C@@H](Nc2nc3nc(-c4c(C)cc(C(F)(F)F)cc4O)cc(N4CC(O)C4)c3o2)C1. The van der Waals surface area contributed by atoms with E-state index in [1.807, 2.05) is 4.90 Å². The van der Waals surface area contributed by atoms with E-state index in [-0.39, 0.29) is 28.5 Å². The number of rotatable bonds is 5. The van der Waals surface area contributed by atoms with E-state index in [0.717, 1.165) is 38.5 Å². The maximum atomic E-state index is 13.2. The van der Waals surface area contributed by atoms with Crippen LogP contribution in [-0.2, 0) is 6.18 Å². The zero-order valence-corrected chi connectivity index (χ0v) is 19.6. The maximum absolute atomic E-state index is 13.2. The molecule has 2 aliphatic heterocycles. The van der Waals surface area contributed by atoms with Gasteiger partial charge in [-0.15, -0.1) is 0 Å². The molecule has 3 N–H and O–H groups in total. The van der Waals surface area contributed by atoms with Crippen LogP contribution in [0.4, 0.5) is 24.9 Å². The Morgan fingerprint density at radius 2 is 1.94 bits per heavy atom. The molecule has 2 fully saturated rings. The van der Waals surface area contributed by atoms with Crippen molar-refractivity contribution in [2.24, 2.45) is 0 Å². The molecule has 0 bridgehead atoms. The molecule has 2 aliphatic rings. The molecule has 3 aromatic rings. The molecular formula is C24H28F3N5O3. The Morgan fingerprint density at radius 3 is 2.60 bits per heavy atom. The Hall–Kier alpha value is -3.05. The van der Waals surface area contributed by atoms with Crippen LogP contribution in [0, 0.1) is 6.92 Å². The number of anilines is 2. The highest BCUT2D eigenvalue weighted by molar-refractivity contribution is 5.90. The quantitative estimate of drug-likeness (QED) is 0.493. The number of aryl methyl sites for hydroxylation is 1. The lowest BCUT2D eigenvalue weighted by molar-refractivity contribution is -0.137. The number of pyridine rings is 1. The number of oxazole rings is 1. The predicted molar refractivity (Wildman–Crippen MR) is 126 cm³/mol. The Kier molecular flexibility index (Phi) is 6.00. The van der Waals surface area contributed by atoms with Crippen molar-refractivity contribution in [1.29, 1.82) is 0 Å². The van der Waals surface area contributed by atoms with Crippen LogP contribution in [0.25, 0.3) is 22.5 Å². The van der Waals surface area contributed by atoms with Gasteiger partial charge in [-0.05, 0) is 56.6 Å². The third-order valence-electron chi connectivity index (χ3n) is 6.72. The van der Waals surface area contributed by atoms with Crippen molar-refractivity contribution < 1.29 is 27.8 Å². The summed E-state index contributed by atoms with van der Waals surface area (Å²) in [7, 11) is 0. The Bertz CT molecular complexity index is 1220. The zero-order valence-electron chi connectivity index (χ0n) is 19.6. The van der Waals surface area contributed by atoms with Gasteiger partial charge in [0.1, 0.15) is 5.75 Å². The number of likely N-dealkylation sites (N-methyl/N-ethyl adjacent to an activating group) is 1. The fraction of sp³-hybridized carbons (Fsp3) is 0.500. The minimum Gasteiger partial charge on any atom is -0.507 e. The highest BCUT2D eigenvalue weighted by Crippen LogP contribution is 2.41. The van der Waals surface area contributed by atoms with Crippen molar-refractivity contribution in [3.63, 3.8) is 0 Å². The summed E-state index contributed by atoms with van der Waals surface area (Å²) in [5.74, 6) is -0.512. The van der Waals surface area contributed by atoms with E-state index in [9.17, 15) is 23.4 Å². The first-order chi connectivity index (χ1) is 16.6. The molecule has 4 heterocycles. The number of piperidine rings is 1. The van der Waals surface area contributed by atoms with E-state index in [2.05, 4.69) is 27.1 Å². The van der Waals surface area contributed by atoms with Gasteiger partial charge in [0, 0.05) is 31.2 Å². The highest BCUT2D eigenvalue weighted by atomic mass is 19.4. The summed E-state index contributed by atoms with van der Waals surface area (Å²) in [6.07, 6.45) is -3.00. The fourth-order valence-corrected chi connectivity index (χ4v) is 4.87. The number of hydrogen-bond acceptors (Lipinski definition) is 8. The highest BCUT2D eigenvalue weighted by Gasteiger charge is 2.33. The Morgan fingerprint density at radius 1 is 1.17 bits per heavy atom. The number of alkyl halides is 3. The average molecular weight is 492 g/mol. The number of nitrogens with zero attached hydrogens (tertiary/aromatic N) is 4. The molecule has 0 spiro atoms. The number of fused-ring (bicyclic) bond motifs is 1. The number of hydrogen-bond donors (Lipinski definition) is 3. The molecule has 1 atom stereocenters. The minimum atomic E-state index is -4.57. The van der Waals surface area contributed by atoms with Crippen LogP contribution in [0.15, 0.2) is 22.6 Å². The normalized spacial score (nSPS) is 19.8. The first kappa shape index (κ1) is 23.7. The van der Waals surface area contributed by atoms with Crippen LogP contribution in [0.2, 0.25) is 0 Å². The summed E-state index contributed by atoms with van der Waals surface area (Å²) in [6.45, 7) is 7.29. The number of halogens is 3. The number of β-amino-alcohol motifs (C(OH)–C–C–N with tert-alkyl or cyclic N) is 1. The van der Waals surface area contributed by atoms with Crippen LogP contribution in [0.5, 0.6) is 5.75 Å². The van der Waals surface area contributed by atoms with Crippen molar-refractivity contribution in [1.82, 2.24) is 14.9 Å². The standard InChI is InChI=1S/C24H28F3N5O3/c1-3-31-6-4-5-15(10-31)28-23-30-22-21(35-23)18(32-11-16(33)12-32)9-17(29-22)20-13(2)7-14(8-19(20)34)24(25,26)27/h7-9,15-16,33-34H,3-6,10-12H2,1-2H3,(H,28,29,30)/t15-/m1/s1. The molecule has 0 amide bonds. The monoisotopic (exact) mass is 491 g/mol. The summed E-state index contributed by atoms with van der Waals surface area (Å²) in [5.41, 5.74) is 1.12. The van der Waals surface area contributed by atoms with Crippen LogP contribution >= 0.6 is 0 Å². The summed E-state index contributed by atoms with van der Waals surface area (Å²) in [5, 5.41) is 23.7. The smallest absolute Gasteiger partial charge is 0.416 e. The lowest BCUT2D eigenvalue weighted by atomic mass is 9.99. The van der Waals surface area contributed by atoms with Crippen LogP contribution in [-0.4, -0.2) is 70.0 Å².